The fraction of sp³-hybridized carbons (Fsp3) is 0.636. The van der Waals surface area contributed by atoms with Crippen molar-refractivity contribution in [3.05, 3.63) is 24.0 Å². The highest BCUT2D eigenvalue weighted by Crippen LogP contribution is 2.23. The first kappa shape index (κ1) is 24.3. The monoisotopic (exact) mass is 436 g/mol. The van der Waals surface area contributed by atoms with Gasteiger partial charge in [-0.15, -0.1) is 0 Å². The molecular weight excluding hydrogens is 400 g/mol. The van der Waals surface area contributed by atoms with E-state index in [0.717, 1.165) is 50.1 Å². The number of aryl methyl sites for hydroxylation is 2. The van der Waals surface area contributed by atoms with Crippen molar-refractivity contribution in [1.82, 2.24) is 19.2 Å². The summed E-state index contributed by atoms with van der Waals surface area (Å²) in [6.07, 6.45) is 7.49. The minimum Gasteiger partial charge on any atom is -0.356 e. The molecule has 0 aliphatic heterocycles. The molecule has 1 aromatic carbocycles. The summed E-state index contributed by atoms with van der Waals surface area (Å²) in [5, 5.41) is 2.99. The Labute approximate surface area is 180 Å². The minimum absolute atomic E-state index is 0.0384. The van der Waals surface area contributed by atoms with Crippen molar-refractivity contribution in [3.63, 3.8) is 0 Å². The van der Waals surface area contributed by atoms with Gasteiger partial charge in [0.15, 0.2) is 0 Å². The van der Waals surface area contributed by atoms with Crippen LogP contribution in [0.2, 0.25) is 0 Å². The lowest BCUT2D eigenvalue weighted by Crippen LogP contribution is -2.25. The van der Waals surface area contributed by atoms with Crippen LogP contribution in [-0.2, 0) is 27.8 Å². The number of carbonyl (C=O) groups is 1. The number of carbonyl (C=O) groups excluding carboxylic acids is 1. The Bertz CT molecular complexity index is 935. The quantitative estimate of drug-likeness (QED) is 0.485. The molecule has 8 heteroatoms. The Hall–Kier alpha value is -1.93. The Morgan fingerprint density at radius 1 is 1.10 bits per heavy atom. The van der Waals surface area contributed by atoms with Gasteiger partial charge in [0.2, 0.25) is 15.9 Å². The third-order valence-electron chi connectivity index (χ3n) is 5.24. The number of rotatable bonds is 13. The van der Waals surface area contributed by atoms with E-state index < -0.39 is 10.0 Å². The number of amides is 1. The minimum atomic E-state index is -3.51. The van der Waals surface area contributed by atoms with Crippen LogP contribution in [0.25, 0.3) is 11.0 Å². The van der Waals surface area contributed by atoms with E-state index in [0.29, 0.717) is 18.4 Å². The molecule has 0 radical (unpaired) electrons. The van der Waals surface area contributed by atoms with Crippen molar-refractivity contribution in [2.75, 3.05) is 20.6 Å². The van der Waals surface area contributed by atoms with Crippen molar-refractivity contribution in [2.45, 2.75) is 76.7 Å². The van der Waals surface area contributed by atoms with Crippen LogP contribution in [0.15, 0.2) is 23.1 Å². The van der Waals surface area contributed by atoms with Crippen LogP contribution >= 0.6 is 0 Å². The first-order valence-corrected chi connectivity index (χ1v) is 12.4. The fourth-order valence-electron chi connectivity index (χ4n) is 3.38. The second kappa shape index (κ2) is 11.5. The Morgan fingerprint density at radius 2 is 1.83 bits per heavy atom. The van der Waals surface area contributed by atoms with Crippen molar-refractivity contribution in [3.8, 4) is 0 Å². The highest BCUT2D eigenvalue weighted by Gasteiger charge is 2.20. The van der Waals surface area contributed by atoms with E-state index in [1.165, 1.54) is 31.2 Å². The van der Waals surface area contributed by atoms with Crippen LogP contribution in [0.1, 0.15) is 64.6 Å². The molecule has 0 fully saturated rings. The smallest absolute Gasteiger partial charge is 0.242 e. The number of imidazole rings is 1. The zero-order valence-corrected chi connectivity index (χ0v) is 19.6. The summed E-state index contributed by atoms with van der Waals surface area (Å²) in [5.74, 6) is 0.871. The van der Waals surface area contributed by atoms with E-state index in [9.17, 15) is 13.2 Å². The zero-order valence-electron chi connectivity index (χ0n) is 18.8. The van der Waals surface area contributed by atoms with Gasteiger partial charge in [0.1, 0.15) is 5.82 Å². The molecule has 0 spiro atoms. The van der Waals surface area contributed by atoms with Gasteiger partial charge in [-0.25, -0.2) is 17.7 Å². The number of aromatic nitrogens is 2. The van der Waals surface area contributed by atoms with Crippen LogP contribution < -0.4 is 5.32 Å². The number of nitrogens with one attached hydrogen (secondary N) is 1. The van der Waals surface area contributed by atoms with E-state index in [-0.39, 0.29) is 10.8 Å². The number of hydrogen-bond acceptors (Lipinski definition) is 4. The second-order valence-electron chi connectivity index (χ2n) is 7.88. The number of unbranched alkanes of at least 4 members (excludes halogenated alkanes) is 4. The lowest BCUT2D eigenvalue weighted by molar-refractivity contribution is -0.121. The molecule has 1 amide bonds. The summed E-state index contributed by atoms with van der Waals surface area (Å²) in [7, 11) is -0.473. The molecule has 0 atom stereocenters. The van der Waals surface area contributed by atoms with Crippen molar-refractivity contribution in [1.29, 1.82) is 0 Å². The van der Waals surface area contributed by atoms with Crippen molar-refractivity contribution in [2.24, 2.45) is 0 Å². The third kappa shape index (κ3) is 6.28. The summed E-state index contributed by atoms with van der Waals surface area (Å²) in [4.78, 5) is 17.1. The number of hydrogen-bond donors (Lipinski definition) is 1. The lowest BCUT2D eigenvalue weighted by Gasteiger charge is -2.11. The van der Waals surface area contributed by atoms with Gasteiger partial charge < -0.3 is 9.88 Å². The maximum Gasteiger partial charge on any atom is 0.242 e. The lowest BCUT2D eigenvalue weighted by atomic mass is 10.2. The number of nitrogens with zero attached hydrogens (tertiary/aromatic N) is 3. The Kier molecular flexibility index (Phi) is 9.30. The Morgan fingerprint density at radius 3 is 2.50 bits per heavy atom. The van der Waals surface area contributed by atoms with Crippen LogP contribution in [0.3, 0.4) is 0 Å². The van der Waals surface area contributed by atoms with E-state index >= 15 is 0 Å². The molecule has 30 heavy (non-hydrogen) atoms. The van der Waals surface area contributed by atoms with Gasteiger partial charge in [-0.1, -0.05) is 39.5 Å². The predicted octanol–water partition coefficient (Wildman–Crippen LogP) is 3.72. The normalized spacial score (nSPS) is 12.0. The third-order valence-corrected chi connectivity index (χ3v) is 7.05. The molecule has 0 aliphatic rings. The summed E-state index contributed by atoms with van der Waals surface area (Å²) in [6.45, 7) is 5.83. The van der Waals surface area contributed by atoms with Gasteiger partial charge in [0, 0.05) is 40.0 Å². The first-order valence-electron chi connectivity index (χ1n) is 11.0. The van der Waals surface area contributed by atoms with Crippen molar-refractivity contribution < 1.29 is 13.2 Å². The van der Waals surface area contributed by atoms with Gasteiger partial charge in [-0.3, -0.25) is 4.79 Å². The van der Waals surface area contributed by atoms with E-state index in [1.54, 1.807) is 12.1 Å². The van der Waals surface area contributed by atoms with Gasteiger partial charge in [-0.05, 0) is 31.0 Å². The molecule has 7 nitrogen and oxygen atoms in total. The average molecular weight is 437 g/mol. The molecule has 0 bridgehead atoms. The molecular formula is C22H36N4O3S. The molecule has 1 aromatic heterocycles. The van der Waals surface area contributed by atoms with E-state index in [4.69, 9.17) is 4.98 Å². The van der Waals surface area contributed by atoms with Crippen LogP contribution in [0.4, 0.5) is 0 Å². The average Bonchev–Trinajstić information content (AvgIpc) is 3.07. The second-order valence-corrected chi connectivity index (χ2v) is 10.0. The van der Waals surface area contributed by atoms with Gasteiger partial charge >= 0.3 is 0 Å². The number of sulfonamides is 1. The molecule has 1 N–H and O–H groups in total. The maximum absolute atomic E-state index is 12.5. The molecule has 0 saturated carbocycles. The molecule has 0 aliphatic carbocycles. The van der Waals surface area contributed by atoms with E-state index in [2.05, 4.69) is 23.7 Å². The van der Waals surface area contributed by atoms with Crippen LogP contribution in [0.5, 0.6) is 0 Å². The van der Waals surface area contributed by atoms with Gasteiger partial charge in [-0.2, -0.15) is 0 Å². The highest BCUT2D eigenvalue weighted by molar-refractivity contribution is 7.89. The fourth-order valence-corrected chi connectivity index (χ4v) is 4.30. The summed E-state index contributed by atoms with van der Waals surface area (Å²) in [5.41, 5.74) is 1.57. The largest absolute Gasteiger partial charge is 0.356 e. The molecule has 168 valence electrons. The molecule has 2 rings (SSSR count). The highest BCUT2D eigenvalue weighted by atomic mass is 32.2. The molecule has 1 heterocycles. The predicted molar refractivity (Wildman–Crippen MR) is 121 cm³/mol. The number of benzene rings is 1. The summed E-state index contributed by atoms with van der Waals surface area (Å²) in [6, 6.07) is 5.09. The topological polar surface area (TPSA) is 84.3 Å². The van der Waals surface area contributed by atoms with Crippen LogP contribution in [-0.4, -0.2) is 48.8 Å². The zero-order chi connectivity index (χ0) is 22.1. The molecule has 0 unspecified atom stereocenters. The Balaban J connectivity index is 2.16. The summed E-state index contributed by atoms with van der Waals surface area (Å²) < 4.78 is 28.2. The molecule has 2 aromatic rings. The summed E-state index contributed by atoms with van der Waals surface area (Å²) >= 11 is 0. The molecule has 0 saturated heterocycles. The van der Waals surface area contributed by atoms with Gasteiger partial charge in [0.05, 0.1) is 15.9 Å². The number of fused-ring (bicyclic) bond motifs is 1. The maximum atomic E-state index is 12.5. The SMILES string of the molecule is CCCCCCNC(=O)CCc1nc2cc(S(=O)(=O)N(C)C)ccc2n1CCCC. The standard InChI is InChI=1S/C22H36N4O3S/c1-5-7-9-10-15-23-22(27)14-13-21-24-19-17-18(30(28,29)25(3)4)11-12-20(19)26(21)16-8-6-2/h11-12,17H,5-10,13-16H2,1-4H3,(H,23,27). The van der Waals surface area contributed by atoms with E-state index in [1.807, 2.05) is 6.07 Å². The van der Waals surface area contributed by atoms with Crippen molar-refractivity contribution >= 4 is 27.0 Å². The van der Waals surface area contributed by atoms with Crippen LogP contribution in [0, 0.1) is 0 Å². The first-order chi connectivity index (χ1) is 14.3. The van der Waals surface area contributed by atoms with Gasteiger partial charge in [0.25, 0.3) is 0 Å².